The van der Waals surface area contributed by atoms with Crippen molar-refractivity contribution in [2.45, 2.75) is 17.4 Å². The molecule has 0 aliphatic carbocycles. The normalized spacial score (nSPS) is 14.8. The molecule has 1 aromatic rings. The lowest BCUT2D eigenvalue weighted by Gasteiger charge is -2.22. The van der Waals surface area contributed by atoms with Gasteiger partial charge in [0.1, 0.15) is 0 Å². The summed E-state index contributed by atoms with van der Waals surface area (Å²) < 4.78 is 26.3. The molecule has 0 bridgehead atoms. The van der Waals surface area contributed by atoms with Crippen molar-refractivity contribution >= 4 is 27.5 Å². The number of para-hydroxylation sites is 1. The van der Waals surface area contributed by atoms with Crippen LogP contribution < -0.4 is 4.72 Å². The van der Waals surface area contributed by atoms with E-state index in [1.807, 2.05) is 0 Å². The van der Waals surface area contributed by atoms with Gasteiger partial charge in [-0.15, -0.1) is 0 Å². The van der Waals surface area contributed by atoms with E-state index in [4.69, 9.17) is 0 Å². The van der Waals surface area contributed by atoms with Crippen LogP contribution in [0.4, 0.5) is 5.69 Å². The summed E-state index contributed by atoms with van der Waals surface area (Å²) in [5.74, 6) is 0.340. The fourth-order valence-electron chi connectivity index (χ4n) is 1.53. The van der Waals surface area contributed by atoms with Crippen molar-refractivity contribution < 1.29 is 18.4 Å². The third kappa shape index (κ3) is 4.44. The smallest absolute Gasteiger partial charge is 0.289 e. The van der Waals surface area contributed by atoms with Gasteiger partial charge >= 0.3 is 0 Å². The molecule has 0 spiro atoms. The van der Waals surface area contributed by atoms with E-state index >= 15 is 0 Å². The number of sulfonamides is 1. The highest BCUT2D eigenvalue weighted by Crippen LogP contribution is 2.23. The predicted octanol–water partition coefficient (Wildman–Crippen LogP) is 0.987. The summed E-state index contributed by atoms with van der Waals surface area (Å²) in [6.07, 6.45) is 1.78. The zero-order valence-corrected chi connectivity index (χ0v) is 12.7. The lowest BCUT2D eigenvalue weighted by Crippen LogP contribution is -2.42. The Bertz CT molecular complexity index is 586. The summed E-state index contributed by atoms with van der Waals surface area (Å²) in [5, 5.41) is 20.8. The number of nitro groups is 1. The first-order valence-corrected chi connectivity index (χ1v) is 8.52. The molecule has 0 aromatic heterocycles. The van der Waals surface area contributed by atoms with Crippen molar-refractivity contribution in [2.24, 2.45) is 0 Å². The van der Waals surface area contributed by atoms with E-state index in [-0.39, 0.29) is 6.54 Å². The largest absolute Gasteiger partial charge is 0.388 e. The van der Waals surface area contributed by atoms with Gasteiger partial charge < -0.3 is 5.11 Å². The van der Waals surface area contributed by atoms with Crippen molar-refractivity contribution in [1.82, 2.24) is 4.72 Å². The van der Waals surface area contributed by atoms with E-state index in [1.165, 1.54) is 30.8 Å². The molecule has 0 aliphatic heterocycles. The summed E-state index contributed by atoms with van der Waals surface area (Å²) >= 11 is 1.37. The monoisotopic (exact) mass is 320 g/mol. The second-order valence-corrected chi connectivity index (χ2v) is 7.08. The van der Waals surface area contributed by atoms with Crippen LogP contribution in [0.15, 0.2) is 29.2 Å². The molecular weight excluding hydrogens is 304 g/mol. The van der Waals surface area contributed by atoms with Crippen LogP contribution in [0.25, 0.3) is 0 Å². The molecule has 112 valence electrons. The Hall–Kier alpha value is -1.16. The number of hydrogen-bond acceptors (Lipinski definition) is 6. The van der Waals surface area contributed by atoms with E-state index in [9.17, 15) is 23.6 Å². The van der Waals surface area contributed by atoms with Crippen molar-refractivity contribution in [3.63, 3.8) is 0 Å². The molecule has 0 aliphatic rings. The number of rotatable bonds is 7. The molecular formula is C11H16N2O5S2. The first kappa shape index (κ1) is 16.9. The minimum Gasteiger partial charge on any atom is -0.388 e. The van der Waals surface area contributed by atoms with Gasteiger partial charge in [0, 0.05) is 18.4 Å². The Morgan fingerprint density at radius 2 is 2.05 bits per heavy atom. The molecule has 0 amide bonds. The van der Waals surface area contributed by atoms with E-state index in [0.717, 1.165) is 12.1 Å². The van der Waals surface area contributed by atoms with E-state index in [0.29, 0.717) is 5.75 Å². The van der Waals surface area contributed by atoms with Crippen LogP contribution in [0.1, 0.15) is 6.92 Å². The molecule has 0 radical (unpaired) electrons. The van der Waals surface area contributed by atoms with Crippen LogP contribution in [-0.2, 0) is 10.0 Å². The summed E-state index contributed by atoms with van der Waals surface area (Å²) in [5.41, 5.74) is -1.72. The van der Waals surface area contributed by atoms with Gasteiger partial charge in [-0.05, 0) is 19.2 Å². The molecule has 1 atom stereocenters. The first-order valence-electron chi connectivity index (χ1n) is 5.64. The number of hydrogen-bond donors (Lipinski definition) is 2. The Balaban J connectivity index is 2.98. The standard InChI is InChI=1S/C11H16N2O5S2/c1-11(14,8-19-2)7-12-20(17,18)10-6-4-3-5-9(10)13(15)16/h3-6,12,14H,7-8H2,1-2H3/t11-/m1/s1. The number of nitrogens with zero attached hydrogens (tertiary/aromatic N) is 1. The summed E-state index contributed by atoms with van der Waals surface area (Å²) in [6.45, 7) is 1.27. The van der Waals surface area contributed by atoms with Gasteiger partial charge in [-0.1, -0.05) is 12.1 Å². The average molecular weight is 320 g/mol. The maximum atomic E-state index is 12.1. The Labute approximate surface area is 121 Å². The highest BCUT2D eigenvalue weighted by Gasteiger charge is 2.28. The molecule has 20 heavy (non-hydrogen) atoms. The van der Waals surface area contributed by atoms with Crippen LogP contribution in [0.2, 0.25) is 0 Å². The van der Waals surface area contributed by atoms with Crippen LogP contribution in [-0.4, -0.2) is 42.6 Å². The quantitative estimate of drug-likeness (QED) is 0.572. The zero-order valence-electron chi connectivity index (χ0n) is 11.1. The van der Waals surface area contributed by atoms with Crippen LogP contribution in [0.5, 0.6) is 0 Å². The Morgan fingerprint density at radius 1 is 1.45 bits per heavy atom. The zero-order chi connectivity index (χ0) is 15.4. The topological polar surface area (TPSA) is 110 Å². The molecule has 0 fully saturated rings. The predicted molar refractivity (Wildman–Crippen MR) is 77.3 cm³/mol. The number of thioether (sulfide) groups is 1. The van der Waals surface area contributed by atoms with Crippen molar-refractivity contribution in [2.75, 3.05) is 18.6 Å². The molecule has 0 saturated heterocycles. The molecule has 1 rings (SSSR count). The molecule has 1 aromatic carbocycles. The fourth-order valence-corrected chi connectivity index (χ4v) is 3.58. The highest BCUT2D eigenvalue weighted by atomic mass is 32.2. The summed E-state index contributed by atoms with van der Waals surface area (Å²) in [4.78, 5) is 9.67. The molecule has 7 nitrogen and oxygen atoms in total. The Kier molecular flexibility index (Phi) is 5.51. The van der Waals surface area contributed by atoms with Gasteiger partial charge in [0.05, 0.1) is 10.5 Å². The van der Waals surface area contributed by atoms with E-state index in [2.05, 4.69) is 4.72 Å². The molecule has 0 saturated carbocycles. The van der Waals surface area contributed by atoms with Gasteiger partial charge in [-0.3, -0.25) is 10.1 Å². The number of benzene rings is 1. The van der Waals surface area contributed by atoms with E-state index < -0.39 is 31.1 Å². The number of aliphatic hydroxyl groups is 1. The Morgan fingerprint density at radius 3 is 2.60 bits per heavy atom. The molecule has 9 heteroatoms. The summed E-state index contributed by atoms with van der Waals surface area (Å²) in [7, 11) is -4.05. The minimum atomic E-state index is -4.05. The van der Waals surface area contributed by atoms with Gasteiger partial charge in [0.15, 0.2) is 4.90 Å². The molecule has 0 unspecified atom stereocenters. The lowest BCUT2D eigenvalue weighted by molar-refractivity contribution is -0.387. The fraction of sp³-hybridized carbons (Fsp3) is 0.455. The second-order valence-electron chi connectivity index (χ2n) is 4.48. The van der Waals surface area contributed by atoms with Gasteiger partial charge in [-0.25, -0.2) is 13.1 Å². The van der Waals surface area contributed by atoms with Crippen molar-refractivity contribution in [3.8, 4) is 0 Å². The SMILES string of the molecule is CSC[C@](C)(O)CNS(=O)(=O)c1ccccc1[N+](=O)[O-]. The minimum absolute atomic E-state index is 0.220. The van der Waals surface area contributed by atoms with Gasteiger partial charge in [0.2, 0.25) is 10.0 Å². The van der Waals surface area contributed by atoms with Gasteiger partial charge in [0.25, 0.3) is 5.69 Å². The van der Waals surface area contributed by atoms with Crippen molar-refractivity contribution in [3.05, 3.63) is 34.4 Å². The maximum absolute atomic E-state index is 12.1. The lowest BCUT2D eigenvalue weighted by atomic mass is 10.1. The second kappa shape index (κ2) is 6.53. The average Bonchev–Trinajstić information content (AvgIpc) is 2.37. The van der Waals surface area contributed by atoms with E-state index in [1.54, 1.807) is 6.26 Å². The summed E-state index contributed by atoms with van der Waals surface area (Å²) in [6, 6.07) is 5.07. The third-order valence-electron chi connectivity index (χ3n) is 2.45. The highest BCUT2D eigenvalue weighted by molar-refractivity contribution is 7.98. The number of nitro benzene ring substituents is 1. The third-order valence-corrected chi connectivity index (χ3v) is 4.81. The van der Waals surface area contributed by atoms with Crippen LogP contribution >= 0.6 is 11.8 Å². The van der Waals surface area contributed by atoms with Crippen LogP contribution in [0, 0.1) is 10.1 Å². The first-order chi connectivity index (χ1) is 9.19. The number of nitrogens with one attached hydrogen (secondary N) is 1. The van der Waals surface area contributed by atoms with Crippen molar-refractivity contribution in [1.29, 1.82) is 0 Å². The van der Waals surface area contributed by atoms with Crippen LogP contribution in [0.3, 0.4) is 0 Å². The van der Waals surface area contributed by atoms with Gasteiger partial charge in [-0.2, -0.15) is 11.8 Å². The molecule has 2 N–H and O–H groups in total. The maximum Gasteiger partial charge on any atom is 0.289 e. The molecule has 0 heterocycles.